The molecular weight excluding hydrogens is 266 g/mol. The minimum atomic E-state index is 0.222. The van der Waals surface area contributed by atoms with E-state index in [1.165, 1.54) is 21.5 Å². The fourth-order valence-corrected chi connectivity index (χ4v) is 3.22. The van der Waals surface area contributed by atoms with Crippen molar-refractivity contribution in [2.24, 2.45) is 0 Å². The summed E-state index contributed by atoms with van der Waals surface area (Å²) in [5, 5.41) is 10.4. The van der Waals surface area contributed by atoms with E-state index in [4.69, 9.17) is 0 Å². The van der Waals surface area contributed by atoms with Crippen LogP contribution in [0.5, 0.6) is 0 Å². The van der Waals surface area contributed by atoms with Crippen LogP contribution in [0.15, 0.2) is 42.0 Å². The standard InChI is InChI=1S/C16H19N3S/c1-3-7-17-16(13-9-12(2)20-11-13)14-10-18-19-8-5-4-6-15(14)19/h4-6,8-11,16-17H,3,7H2,1-2H3. The third-order valence-electron chi connectivity index (χ3n) is 3.45. The Labute approximate surface area is 123 Å². The predicted molar refractivity (Wildman–Crippen MR) is 84.4 cm³/mol. The van der Waals surface area contributed by atoms with Gasteiger partial charge in [-0.15, -0.1) is 11.3 Å². The zero-order valence-electron chi connectivity index (χ0n) is 11.8. The van der Waals surface area contributed by atoms with Gasteiger partial charge in [0.15, 0.2) is 0 Å². The predicted octanol–water partition coefficient (Wildman–Crippen LogP) is 3.79. The molecule has 20 heavy (non-hydrogen) atoms. The van der Waals surface area contributed by atoms with Crippen LogP contribution in [0.2, 0.25) is 0 Å². The highest BCUT2D eigenvalue weighted by atomic mass is 32.1. The minimum Gasteiger partial charge on any atom is -0.306 e. The van der Waals surface area contributed by atoms with E-state index >= 15 is 0 Å². The van der Waals surface area contributed by atoms with E-state index in [1.54, 1.807) is 11.3 Å². The molecule has 0 saturated carbocycles. The normalized spacial score (nSPS) is 12.9. The maximum atomic E-state index is 4.46. The number of thiophene rings is 1. The number of aromatic nitrogens is 2. The van der Waals surface area contributed by atoms with Gasteiger partial charge in [-0.2, -0.15) is 5.10 Å². The smallest absolute Gasteiger partial charge is 0.0712 e. The third kappa shape index (κ3) is 2.49. The van der Waals surface area contributed by atoms with Gasteiger partial charge in [0.05, 0.1) is 17.8 Å². The summed E-state index contributed by atoms with van der Waals surface area (Å²) in [5.41, 5.74) is 3.75. The minimum absolute atomic E-state index is 0.222. The molecule has 3 nitrogen and oxygen atoms in total. The van der Waals surface area contributed by atoms with Gasteiger partial charge in [-0.05, 0) is 49.0 Å². The van der Waals surface area contributed by atoms with Gasteiger partial charge >= 0.3 is 0 Å². The van der Waals surface area contributed by atoms with E-state index in [0.29, 0.717) is 0 Å². The van der Waals surface area contributed by atoms with Gasteiger partial charge in [-0.1, -0.05) is 13.0 Å². The SMILES string of the molecule is CCCNC(c1csc(C)c1)c1cnn2ccccc12. The molecule has 1 unspecified atom stereocenters. The van der Waals surface area contributed by atoms with Crippen LogP contribution >= 0.6 is 11.3 Å². The zero-order chi connectivity index (χ0) is 13.9. The van der Waals surface area contributed by atoms with E-state index in [9.17, 15) is 0 Å². The Bertz CT molecular complexity index is 698. The van der Waals surface area contributed by atoms with Crippen molar-refractivity contribution in [3.05, 3.63) is 58.0 Å². The second kappa shape index (κ2) is 5.77. The number of hydrogen-bond acceptors (Lipinski definition) is 3. The Morgan fingerprint density at radius 3 is 3.05 bits per heavy atom. The Hall–Kier alpha value is -1.65. The summed E-state index contributed by atoms with van der Waals surface area (Å²) in [5.74, 6) is 0. The molecule has 0 aromatic carbocycles. The van der Waals surface area contributed by atoms with Gasteiger partial charge in [0.1, 0.15) is 0 Å². The number of nitrogens with zero attached hydrogens (tertiary/aromatic N) is 2. The lowest BCUT2D eigenvalue weighted by Gasteiger charge is -2.16. The molecule has 0 aliphatic heterocycles. The van der Waals surface area contributed by atoms with Crippen molar-refractivity contribution in [1.29, 1.82) is 0 Å². The van der Waals surface area contributed by atoms with Crippen LogP contribution in [0.1, 0.15) is 35.4 Å². The molecule has 0 bridgehead atoms. The average Bonchev–Trinajstić information content (AvgIpc) is 3.07. The number of aryl methyl sites for hydroxylation is 1. The zero-order valence-corrected chi connectivity index (χ0v) is 12.7. The molecule has 0 amide bonds. The fraction of sp³-hybridized carbons (Fsp3) is 0.312. The van der Waals surface area contributed by atoms with Gasteiger partial charge in [-0.3, -0.25) is 0 Å². The first kappa shape index (κ1) is 13.3. The van der Waals surface area contributed by atoms with Crippen molar-refractivity contribution < 1.29 is 0 Å². The molecule has 0 fully saturated rings. The van der Waals surface area contributed by atoms with E-state index < -0.39 is 0 Å². The summed E-state index contributed by atoms with van der Waals surface area (Å²) < 4.78 is 1.94. The van der Waals surface area contributed by atoms with E-state index in [2.05, 4.69) is 47.8 Å². The Kier molecular flexibility index (Phi) is 3.85. The lowest BCUT2D eigenvalue weighted by Crippen LogP contribution is -2.22. The summed E-state index contributed by atoms with van der Waals surface area (Å²) in [6, 6.07) is 8.69. The largest absolute Gasteiger partial charge is 0.306 e. The molecule has 4 heteroatoms. The molecule has 1 N–H and O–H groups in total. The summed E-state index contributed by atoms with van der Waals surface area (Å²) in [4.78, 5) is 1.35. The summed E-state index contributed by atoms with van der Waals surface area (Å²) in [6.45, 7) is 5.35. The molecule has 0 radical (unpaired) electrons. The van der Waals surface area contributed by atoms with Crippen LogP contribution in [0.4, 0.5) is 0 Å². The highest BCUT2D eigenvalue weighted by Gasteiger charge is 2.18. The van der Waals surface area contributed by atoms with E-state index in [-0.39, 0.29) is 6.04 Å². The van der Waals surface area contributed by atoms with Gasteiger partial charge < -0.3 is 5.32 Å². The quantitative estimate of drug-likeness (QED) is 0.772. The Balaban J connectivity index is 2.04. The number of nitrogens with one attached hydrogen (secondary N) is 1. The second-order valence-electron chi connectivity index (χ2n) is 5.01. The van der Waals surface area contributed by atoms with Crippen LogP contribution in [0.3, 0.4) is 0 Å². The molecule has 3 aromatic rings. The molecule has 3 rings (SSSR count). The van der Waals surface area contributed by atoms with Crippen LogP contribution in [0, 0.1) is 6.92 Å². The summed E-state index contributed by atoms with van der Waals surface area (Å²) in [6.07, 6.45) is 5.10. The summed E-state index contributed by atoms with van der Waals surface area (Å²) in [7, 11) is 0. The van der Waals surface area contributed by atoms with Crippen molar-refractivity contribution >= 4 is 16.9 Å². The molecule has 0 aliphatic rings. The van der Waals surface area contributed by atoms with Gasteiger partial charge in [-0.25, -0.2) is 4.52 Å². The number of fused-ring (bicyclic) bond motifs is 1. The van der Waals surface area contributed by atoms with E-state index in [0.717, 1.165) is 13.0 Å². The monoisotopic (exact) mass is 285 g/mol. The molecule has 1 atom stereocenters. The first-order chi connectivity index (χ1) is 9.79. The van der Waals surface area contributed by atoms with Crippen LogP contribution in [-0.4, -0.2) is 16.2 Å². The Morgan fingerprint density at radius 1 is 1.40 bits per heavy atom. The molecular formula is C16H19N3S. The number of rotatable bonds is 5. The first-order valence-electron chi connectivity index (χ1n) is 7.00. The van der Waals surface area contributed by atoms with Crippen molar-refractivity contribution in [3.8, 4) is 0 Å². The molecule has 0 spiro atoms. The number of pyridine rings is 1. The van der Waals surface area contributed by atoms with Gasteiger partial charge in [0.25, 0.3) is 0 Å². The van der Waals surface area contributed by atoms with Gasteiger partial charge in [0.2, 0.25) is 0 Å². The molecule has 0 saturated heterocycles. The summed E-state index contributed by atoms with van der Waals surface area (Å²) >= 11 is 1.80. The first-order valence-corrected chi connectivity index (χ1v) is 7.88. The average molecular weight is 285 g/mol. The van der Waals surface area contributed by atoms with Crippen molar-refractivity contribution in [2.45, 2.75) is 26.3 Å². The maximum absolute atomic E-state index is 4.46. The van der Waals surface area contributed by atoms with Crippen molar-refractivity contribution in [3.63, 3.8) is 0 Å². The third-order valence-corrected chi connectivity index (χ3v) is 4.33. The van der Waals surface area contributed by atoms with Crippen LogP contribution in [-0.2, 0) is 0 Å². The molecule has 0 aliphatic carbocycles. The van der Waals surface area contributed by atoms with Crippen molar-refractivity contribution in [1.82, 2.24) is 14.9 Å². The lowest BCUT2D eigenvalue weighted by molar-refractivity contribution is 0.602. The number of hydrogen-bond donors (Lipinski definition) is 1. The maximum Gasteiger partial charge on any atom is 0.0712 e. The highest BCUT2D eigenvalue weighted by Crippen LogP contribution is 2.28. The topological polar surface area (TPSA) is 29.3 Å². The Morgan fingerprint density at radius 2 is 2.30 bits per heavy atom. The molecule has 104 valence electrons. The van der Waals surface area contributed by atoms with E-state index in [1.807, 2.05) is 23.0 Å². The molecule has 3 aromatic heterocycles. The highest BCUT2D eigenvalue weighted by molar-refractivity contribution is 7.10. The van der Waals surface area contributed by atoms with Gasteiger partial charge in [0, 0.05) is 16.6 Å². The lowest BCUT2D eigenvalue weighted by atomic mass is 10.0. The van der Waals surface area contributed by atoms with Crippen molar-refractivity contribution in [2.75, 3.05) is 6.54 Å². The second-order valence-corrected chi connectivity index (χ2v) is 6.12. The van der Waals surface area contributed by atoms with Crippen LogP contribution in [0.25, 0.3) is 5.52 Å². The van der Waals surface area contributed by atoms with Crippen LogP contribution < -0.4 is 5.32 Å². The molecule has 3 heterocycles. The fourth-order valence-electron chi connectivity index (χ4n) is 2.49.